The molecule has 0 saturated carbocycles. The molecule has 4 atom stereocenters. The first-order valence-corrected chi connectivity index (χ1v) is 5.16. The predicted octanol–water partition coefficient (Wildman–Crippen LogP) is -0.893. The molecule has 1 aromatic heterocycles. The molecule has 0 aromatic carbocycles. The van der Waals surface area contributed by atoms with Crippen molar-refractivity contribution in [3.63, 3.8) is 0 Å². The summed E-state index contributed by atoms with van der Waals surface area (Å²) in [6.07, 6.45) is -2.35. The number of aromatic nitrogens is 1. The van der Waals surface area contributed by atoms with Crippen LogP contribution in [-0.2, 0) is 4.74 Å². The molecule has 1 saturated heterocycles. The molecule has 2 rings (SSSR count). The fraction of sp³-hybridized carbons (Fsp3) is 0.455. The first kappa shape index (κ1) is 12.0. The van der Waals surface area contributed by atoms with E-state index in [1.165, 1.54) is 12.3 Å². The van der Waals surface area contributed by atoms with Crippen molar-refractivity contribution in [2.24, 2.45) is 0 Å². The Kier molecular flexibility index (Phi) is 3.36. The third-order valence-corrected chi connectivity index (χ3v) is 2.77. The lowest BCUT2D eigenvalue weighted by atomic mass is 10.0. The Hall–Kier alpha value is -1.52. The normalized spacial score (nSPS) is 32.4. The van der Waals surface area contributed by atoms with E-state index in [2.05, 4.69) is 4.98 Å². The standard InChI is InChI=1S/C11H12N2O4/c12-3-7-2-1-6(4-13-7)11-10(16)9(15)8(5-14)17-11/h1-2,4,8-11,14-16H,5H2/t8-,9-,10-,11-/m1/s1. The molecule has 3 N–H and O–H groups in total. The van der Waals surface area contributed by atoms with E-state index in [4.69, 9.17) is 15.1 Å². The number of aliphatic hydroxyl groups is 3. The molecule has 1 aliphatic heterocycles. The SMILES string of the molecule is N#Cc1ccc([C@H]2O[C@H](CO)[C@@H](O)[C@H]2O)cn1. The lowest BCUT2D eigenvalue weighted by Crippen LogP contribution is -2.32. The van der Waals surface area contributed by atoms with E-state index in [0.29, 0.717) is 5.56 Å². The van der Waals surface area contributed by atoms with Crippen LogP contribution >= 0.6 is 0 Å². The van der Waals surface area contributed by atoms with Crippen LogP contribution in [0.15, 0.2) is 18.3 Å². The second kappa shape index (κ2) is 4.77. The molecule has 1 aliphatic rings. The summed E-state index contributed by atoms with van der Waals surface area (Å²) in [5, 5.41) is 36.9. The van der Waals surface area contributed by atoms with Crippen LogP contribution in [0.1, 0.15) is 17.4 Å². The molecule has 0 spiro atoms. The van der Waals surface area contributed by atoms with Gasteiger partial charge in [0.25, 0.3) is 0 Å². The van der Waals surface area contributed by atoms with Gasteiger partial charge in [-0.15, -0.1) is 0 Å². The van der Waals surface area contributed by atoms with Gasteiger partial charge in [-0.25, -0.2) is 4.98 Å². The first-order chi connectivity index (χ1) is 8.17. The van der Waals surface area contributed by atoms with Gasteiger partial charge < -0.3 is 20.1 Å². The largest absolute Gasteiger partial charge is 0.394 e. The molecular formula is C11H12N2O4. The second-order valence-corrected chi connectivity index (χ2v) is 3.85. The van der Waals surface area contributed by atoms with E-state index < -0.39 is 24.4 Å². The zero-order chi connectivity index (χ0) is 12.4. The number of ether oxygens (including phenoxy) is 1. The molecule has 17 heavy (non-hydrogen) atoms. The average Bonchev–Trinajstić information content (AvgIpc) is 2.66. The minimum absolute atomic E-state index is 0.264. The topological polar surface area (TPSA) is 107 Å². The van der Waals surface area contributed by atoms with Crippen LogP contribution in [0.4, 0.5) is 0 Å². The summed E-state index contributed by atoms with van der Waals surface area (Å²) in [6, 6.07) is 4.99. The smallest absolute Gasteiger partial charge is 0.140 e. The highest BCUT2D eigenvalue weighted by Gasteiger charge is 2.43. The minimum Gasteiger partial charge on any atom is -0.394 e. The van der Waals surface area contributed by atoms with Crippen molar-refractivity contribution in [2.75, 3.05) is 6.61 Å². The third kappa shape index (κ3) is 2.14. The van der Waals surface area contributed by atoms with E-state index in [0.717, 1.165) is 0 Å². The molecule has 0 radical (unpaired) electrons. The molecule has 0 amide bonds. The predicted molar refractivity (Wildman–Crippen MR) is 55.7 cm³/mol. The fourth-order valence-electron chi connectivity index (χ4n) is 1.81. The molecule has 90 valence electrons. The van der Waals surface area contributed by atoms with Crippen LogP contribution in [-0.4, -0.2) is 45.2 Å². The van der Waals surface area contributed by atoms with Crippen molar-refractivity contribution in [1.29, 1.82) is 5.26 Å². The number of hydrogen-bond acceptors (Lipinski definition) is 6. The van der Waals surface area contributed by atoms with Crippen molar-refractivity contribution in [2.45, 2.75) is 24.4 Å². The summed E-state index contributed by atoms with van der Waals surface area (Å²) in [4.78, 5) is 3.86. The maximum Gasteiger partial charge on any atom is 0.140 e. The lowest BCUT2D eigenvalue weighted by Gasteiger charge is -2.14. The van der Waals surface area contributed by atoms with Gasteiger partial charge in [0.15, 0.2) is 0 Å². The average molecular weight is 236 g/mol. The summed E-state index contributed by atoms with van der Waals surface area (Å²) in [5.41, 5.74) is 0.826. The van der Waals surface area contributed by atoms with E-state index in [1.807, 2.05) is 6.07 Å². The van der Waals surface area contributed by atoms with Crippen molar-refractivity contribution in [3.8, 4) is 6.07 Å². The highest BCUT2D eigenvalue weighted by atomic mass is 16.6. The number of pyridine rings is 1. The summed E-state index contributed by atoms with van der Waals surface area (Å²) in [7, 11) is 0. The van der Waals surface area contributed by atoms with Gasteiger partial charge in [-0.1, -0.05) is 6.07 Å². The Labute approximate surface area is 97.7 Å². The summed E-state index contributed by atoms with van der Waals surface area (Å²) < 4.78 is 5.32. The Morgan fingerprint density at radius 3 is 2.59 bits per heavy atom. The van der Waals surface area contributed by atoms with Gasteiger partial charge in [0.2, 0.25) is 0 Å². The fourth-order valence-corrected chi connectivity index (χ4v) is 1.81. The van der Waals surface area contributed by atoms with Crippen LogP contribution < -0.4 is 0 Å². The summed E-state index contributed by atoms with van der Waals surface area (Å²) in [5.74, 6) is 0. The molecule has 6 heteroatoms. The van der Waals surface area contributed by atoms with Crippen LogP contribution in [0.25, 0.3) is 0 Å². The first-order valence-electron chi connectivity index (χ1n) is 5.16. The van der Waals surface area contributed by atoms with Gasteiger partial charge in [-0.05, 0) is 6.07 Å². The van der Waals surface area contributed by atoms with Gasteiger partial charge in [0.05, 0.1) is 6.61 Å². The second-order valence-electron chi connectivity index (χ2n) is 3.85. The van der Waals surface area contributed by atoms with Crippen LogP contribution in [0.2, 0.25) is 0 Å². The number of rotatable bonds is 2. The zero-order valence-corrected chi connectivity index (χ0v) is 8.89. The van der Waals surface area contributed by atoms with E-state index in [-0.39, 0.29) is 12.3 Å². The number of hydrogen-bond donors (Lipinski definition) is 3. The van der Waals surface area contributed by atoms with Crippen molar-refractivity contribution < 1.29 is 20.1 Å². The maximum atomic E-state index is 9.76. The van der Waals surface area contributed by atoms with Crippen LogP contribution in [0, 0.1) is 11.3 Å². The number of aliphatic hydroxyl groups excluding tert-OH is 3. The Morgan fingerprint density at radius 2 is 2.12 bits per heavy atom. The third-order valence-electron chi connectivity index (χ3n) is 2.77. The molecule has 1 aromatic rings. The van der Waals surface area contributed by atoms with E-state index in [1.54, 1.807) is 6.07 Å². The van der Waals surface area contributed by atoms with E-state index >= 15 is 0 Å². The molecule has 1 fully saturated rings. The Bertz CT molecular complexity index is 428. The lowest BCUT2D eigenvalue weighted by molar-refractivity contribution is -0.0228. The Morgan fingerprint density at radius 1 is 1.35 bits per heavy atom. The van der Waals surface area contributed by atoms with Gasteiger partial charge in [-0.2, -0.15) is 5.26 Å². The minimum atomic E-state index is -1.12. The summed E-state index contributed by atoms with van der Waals surface area (Å²) >= 11 is 0. The number of nitriles is 1. The zero-order valence-electron chi connectivity index (χ0n) is 8.89. The quantitative estimate of drug-likeness (QED) is 0.614. The van der Waals surface area contributed by atoms with Gasteiger partial charge in [0.1, 0.15) is 36.2 Å². The van der Waals surface area contributed by atoms with Gasteiger partial charge in [0, 0.05) is 11.8 Å². The monoisotopic (exact) mass is 236 g/mol. The molecule has 6 nitrogen and oxygen atoms in total. The van der Waals surface area contributed by atoms with Crippen molar-refractivity contribution >= 4 is 0 Å². The molecule has 2 heterocycles. The molecular weight excluding hydrogens is 224 g/mol. The van der Waals surface area contributed by atoms with Crippen molar-refractivity contribution in [1.82, 2.24) is 4.98 Å². The molecule has 0 bridgehead atoms. The van der Waals surface area contributed by atoms with E-state index in [9.17, 15) is 10.2 Å². The van der Waals surface area contributed by atoms with Crippen LogP contribution in [0.3, 0.4) is 0 Å². The summed E-state index contributed by atoms with van der Waals surface area (Å²) in [6.45, 7) is -0.363. The maximum absolute atomic E-state index is 9.76. The highest BCUT2D eigenvalue weighted by Crippen LogP contribution is 2.32. The Balaban J connectivity index is 2.20. The molecule has 0 aliphatic carbocycles. The van der Waals surface area contributed by atoms with Gasteiger partial charge >= 0.3 is 0 Å². The number of nitrogens with zero attached hydrogens (tertiary/aromatic N) is 2. The van der Waals surface area contributed by atoms with Crippen LogP contribution in [0.5, 0.6) is 0 Å². The molecule has 0 unspecified atom stereocenters. The van der Waals surface area contributed by atoms with Gasteiger partial charge in [-0.3, -0.25) is 0 Å². The van der Waals surface area contributed by atoms with Crippen molar-refractivity contribution in [3.05, 3.63) is 29.6 Å². The highest BCUT2D eigenvalue weighted by molar-refractivity contribution is 5.25.